The molecule has 1 aromatic heterocycles. The highest BCUT2D eigenvalue weighted by atomic mass is 16.2. The number of hydrogen-bond donors (Lipinski definition) is 2. The molecule has 4 nitrogen and oxygen atoms in total. The molecule has 0 bridgehead atoms. The second kappa shape index (κ2) is 4.56. The topological polar surface area (TPSA) is 60.1 Å². The van der Waals surface area contributed by atoms with Gasteiger partial charge in [-0.1, -0.05) is 12.8 Å². The molecule has 0 fully saturated rings. The van der Waals surface area contributed by atoms with Crippen molar-refractivity contribution in [2.75, 3.05) is 5.73 Å². The van der Waals surface area contributed by atoms with Crippen LogP contribution in [0.1, 0.15) is 23.8 Å². The average Bonchev–Trinajstić information content (AvgIpc) is 2.54. The molecule has 4 heteroatoms. The van der Waals surface area contributed by atoms with Crippen molar-refractivity contribution in [3.05, 3.63) is 18.0 Å². The van der Waals surface area contributed by atoms with Crippen LogP contribution in [0.2, 0.25) is 0 Å². The summed E-state index contributed by atoms with van der Waals surface area (Å²) in [5.41, 5.74) is 6.65. The standard InChI is InChI=1S/C11H15N3O/c1-4-9(5-2)13-11(15)10-6-8(12)7-14(10)3/h1,6-7,9H,5,12H2,2-3H3,(H,13,15). The van der Waals surface area contributed by atoms with Gasteiger partial charge < -0.3 is 15.6 Å². The Morgan fingerprint density at radius 2 is 2.47 bits per heavy atom. The zero-order chi connectivity index (χ0) is 11.4. The van der Waals surface area contributed by atoms with Gasteiger partial charge in [-0.05, 0) is 12.5 Å². The smallest absolute Gasteiger partial charge is 0.268 e. The first-order valence-electron chi connectivity index (χ1n) is 4.77. The van der Waals surface area contributed by atoms with Gasteiger partial charge in [0, 0.05) is 13.2 Å². The Bertz CT molecular complexity index is 400. The van der Waals surface area contributed by atoms with Gasteiger partial charge in [-0.25, -0.2) is 0 Å². The largest absolute Gasteiger partial charge is 0.397 e. The normalized spacial score (nSPS) is 11.8. The van der Waals surface area contributed by atoms with E-state index in [0.717, 1.165) is 0 Å². The molecule has 0 saturated heterocycles. The van der Waals surface area contributed by atoms with E-state index in [0.29, 0.717) is 17.8 Å². The van der Waals surface area contributed by atoms with Gasteiger partial charge in [0.1, 0.15) is 5.69 Å². The fourth-order valence-corrected chi connectivity index (χ4v) is 1.31. The van der Waals surface area contributed by atoms with Crippen LogP contribution in [0.15, 0.2) is 12.3 Å². The third-order valence-electron chi connectivity index (χ3n) is 2.17. The van der Waals surface area contributed by atoms with Crippen molar-refractivity contribution in [2.24, 2.45) is 7.05 Å². The molecule has 1 amide bonds. The number of nitrogens with one attached hydrogen (secondary N) is 1. The maximum Gasteiger partial charge on any atom is 0.268 e. The van der Waals surface area contributed by atoms with E-state index in [9.17, 15) is 4.79 Å². The molecule has 0 aromatic carbocycles. The van der Waals surface area contributed by atoms with Crippen LogP contribution in [0.4, 0.5) is 5.69 Å². The summed E-state index contributed by atoms with van der Waals surface area (Å²) in [5, 5.41) is 2.74. The predicted octanol–water partition coefficient (Wildman–Crippen LogP) is 0.749. The number of nitrogen functional groups attached to an aromatic ring is 1. The number of terminal acetylenes is 1. The van der Waals surface area contributed by atoms with E-state index in [1.807, 2.05) is 6.92 Å². The van der Waals surface area contributed by atoms with Crippen molar-refractivity contribution in [3.8, 4) is 12.3 Å². The van der Waals surface area contributed by atoms with Gasteiger partial charge in [0.2, 0.25) is 0 Å². The molecule has 0 aliphatic carbocycles. The summed E-state index contributed by atoms with van der Waals surface area (Å²) in [4.78, 5) is 11.7. The lowest BCUT2D eigenvalue weighted by atomic mass is 10.2. The van der Waals surface area contributed by atoms with Gasteiger partial charge in [0.05, 0.1) is 11.7 Å². The van der Waals surface area contributed by atoms with Crippen LogP contribution in [-0.4, -0.2) is 16.5 Å². The Hall–Kier alpha value is -1.89. The fraction of sp³-hybridized carbons (Fsp3) is 0.364. The van der Waals surface area contributed by atoms with Crippen molar-refractivity contribution < 1.29 is 4.79 Å². The van der Waals surface area contributed by atoms with E-state index in [1.54, 1.807) is 23.9 Å². The molecular formula is C11H15N3O. The van der Waals surface area contributed by atoms with Gasteiger partial charge in [0.15, 0.2) is 0 Å². The number of rotatable bonds is 3. The van der Waals surface area contributed by atoms with Crippen LogP contribution in [0.5, 0.6) is 0 Å². The van der Waals surface area contributed by atoms with Crippen LogP contribution in [0.3, 0.4) is 0 Å². The molecule has 0 aliphatic rings. The molecule has 0 aliphatic heterocycles. The summed E-state index contributed by atoms with van der Waals surface area (Å²) in [5.74, 6) is 2.31. The van der Waals surface area contributed by atoms with Crippen molar-refractivity contribution in [3.63, 3.8) is 0 Å². The van der Waals surface area contributed by atoms with Gasteiger partial charge in [0.25, 0.3) is 5.91 Å². The van der Waals surface area contributed by atoms with Crippen molar-refractivity contribution >= 4 is 11.6 Å². The highest BCUT2D eigenvalue weighted by Crippen LogP contribution is 2.08. The summed E-state index contributed by atoms with van der Waals surface area (Å²) < 4.78 is 1.67. The number of carbonyl (C=O) groups excluding carboxylic acids is 1. The summed E-state index contributed by atoms with van der Waals surface area (Å²) in [6.45, 7) is 1.92. The third-order valence-corrected chi connectivity index (χ3v) is 2.17. The monoisotopic (exact) mass is 205 g/mol. The first-order valence-corrected chi connectivity index (χ1v) is 4.77. The second-order valence-corrected chi connectivity index (χ2v) is 3.37. The number of hydrogen-bond acceptors (Lipinski definition) is 2. The van der Waals surface area contributed by atoms with E-state index in [1.165, 1.54) is 0 Å². The van der Waals surface area contributed by atoms with Crippen LogP contribution in [0.25, 0.3) is 0 Å². The number of anilines is 1. The van der Waals surface area contributed by atoms with E-state index in [2.05, 4.69) is 11.2 Å². The molecule has 1 heterocycles. The Kier molecular flexibility index (Phi) is 3.40. The van der Waals surface area contributed by atoms with Crippen LogP contribution < -0.4 is 11.1 Å². The summed E-state index contributed by atoms with van der Waals surface area (Å²) >= 11 is 0. The minimum absolute atomic E-state index is 0.195. The number of aryl methyl sites for hydroxylation is 1. The van der Waals surface area contributed by atoms with Crippen LogP contribution in [0, 0.1) is 12.3 Å². The lowest BCUT2D eigenvalue weighted by Gasteiger charge is -2.10. The molecule has 3 N–H and O–H groups in total. The first-order chi connectivity index (χ1) is 7.08. The van der Waals surface area contributed by atoms with Crippen molar-refractivity contribution in [1.29, 1.82) is 0 Å². The predicted molar refractivity (Wildman–Crippen MR) is 60.2 cm³/mol. The fourth-order valence-electron chi connectivity index (χ4n) is 1.31. The van der Waals surface area contributed by atoms with Crippen molar-refractivity contribution in [2.45, 2.75) is 19.4 Å². The Balaban J connectivity index is 2.78. The zero-order valence-corrected chi connectivity index (χ0v) is 8.95. The van der Waals surface area contributed by atoms with Gasteiger partial charge in [-0.2, -0.15) is 0 Å². The van der Waals surface area contributed by atoms with Gasteiger partial charge >= 0.3 is 0 Å². The number of nitrogens with two attached hydrogens (primary N) is 1. The summed E-state index contributed by atoms with van der Waals surface area (Å²) in [6.07, 6.45) is 7.65. The SMILES string of the molecule is C#CC(CC)NC(=O)c1cc(N)cn1C. The Labute approximate surface area is 89.5 Å². The lowest BCUT2D eigenvalue weighted by molar-refractivity contribution is 0.0937. The lowest BCUT2D eigenvalue weighted by Crippen LogP contribution is -2.34. The molecule has 0 saturated carbocycles. The molecular weight excluding hydrogens is 190 g/mol. The Morgan fingerprint density at radius 1 is 1.80 bits per heavy atom. The maximum atomic E-state index is 11.7. The van der Waals surface area contributed by atoms with Crippen LogP contribution >= 0.6 is 0 Å². The van der Waals surface area contributed by atoms with E-state index < -0.39 is 0 Å². The Morgan fingerprint density at radius 3 is 2.87 bits per heavy atom. The number of amides is 1. The molecule has 1 unspecified atom stereocenters. The molecule has 15 heavy (non-hydrogen) atoms. The zero-order valence-electron chi connectivity index (χ0n) is 8.95. The molecule has 80 valence electrons. The van der Waals surface area contributed by atoms with Gasteiger partial charge in [-0.3, -0.25) is 4.79 Å². The quantitative estimate of drug-likeness (QED) is 0.715. The second-order valence-electron chi connectivity index (χ2n) is 3.37. The highest BCUT2D eigenvalue weighted by Gasteiger charge is 2.13. The van der Waals surface area contributed by atoms with E-state index in [-0.39, 0.29) is 11.9 Å². The number of nitrogens with zero attached hydrogens (tertiary/aromatic N) is 1. The first kappa shape index (κ1) is 11.2. The molecule has 1 aromatic rings. The number of aromatic nitrogens is 1. The summed E-state index contributed by atoms with van der Waals surface area (Å²) in [7, 11) is 1.77. The van der Waals surface area contributed by atoms with E-state index >= 15 is 0 Å². The average molecular weight is 205 g/mol. The minimum atomic E-state index is -0.228. The molecule has 1 atom stereocenters. The van der Waals surface area contributed by atoms with Gasteiger partial charge in [-0.15, -0.1) is 6.42 Å². The minimum Gasteiger partial charge on any atom is -0.397 e. The molecule has 1 rings (SSSR count). The van der Waals surface area contributed by atoms with Crippen LogP contribution in [-0.2, 0) is 7.05 Å². The highest BCUT2D eigenvalue weighted by molar-refractivity contribution is 5.94. The number of carbonyl (C=O) groups is 1. The maximum absolute atomic E-state index is 11.7. The third kappa shape index (κ3) is 2.53. The summed E-state index contributed by atoms with van der Waals surface area (Å²) in [6, 6.07) is 1.40. The van der Waals surface area contributed by atoms with E-state index in [4.69, 9.17) is 12.2 Å². The molecule has 0 spiro atoms. The molecule has 0 radical (unpaired) electrons. The van der Waals surface area contributed by atoms with Crippen molar-refractivity contribution in [1.82, 2.24) is 9.88 Å².